The number of para-hydroxylation sites is 3. The van der Waals surface area contributed by atoms with Gasteiger partial charge >= 0.3 is 0 Å². The van der Waals surface area contributed by atoms with Crippen LogP contribution in [0.2, 0.25) is 0 Å². The van der Waals surface area contributed by atoms with E-state index >= 15 is 0 Å². The average Bonchev–Trinajstić information content (AvgIpc) is 3.24. The molecule has 1 aliphatic heterocycles. The predicted molar refractivity (Wildman–Crippen MR) is 108 cm³/mol. The minimum Gasteiger partial charge on any atom is -0.345 e. The van der Waals surface area contributed by atoms with Gasteiger partial charge in [-0.25, -0.2) is 9.97 Å². The number of aromatic nitrogens is 3. The third-order valence-electron chi connectivity index (χ3n) is 5.17. The van der Waals surface area contributed by atoms with Crippen LogP contribution in [0.1, 0.15) is 5.82 Å². The van der Waals surface area contributed by atoms with Crippen LogP contribution >= 0.6 is 11.3 Å². The standard InChI is InChI=1S/C20H21N5S/c1-23-17-8-4-2-6-15(17)21-19(23)14-24-10-12-25(13-11-24)20-22-16-7-3-5-9-18(16)26-20/h2-9H,10-14H2,1H3. The van der Waals surface area contributed by atoms with Gasteiger partial charge in [0.05, 0.1) is 27.8 Å². The van der Waals surface area contributed by atoms with Gasteiger partial charge in [-0.15, -0.1) is 0 Å². The summed E-state index contributed by atoms with van der Waals surface area (Å²) in [6, 6.07) is 16.7. The highest BCUT2D eigenvalue weighted by Crippen LogP contribution is 2.29. The predicted octanol–water partition coefficient (Wildman–Crippen LogP) is 3.51. The van der Waals surface area contributed by atoms with E-state index in [4.69, 9.17) is 9.97 Å². The van der Waals surface area contributed by atoms with Crippen LogP contribution in [-0.4, -0.2) is 45.6 Å². The summed E-state index contributed by atoms with van der Waals surface area (Å²) in [4.78, 5) is 14.5. The van der Waals surface area contributed by atoms with E-state index in [0.717, 1.165) is 54.7 Å². The fourth-order valence-corrected chi connectivity index (χ4v) is 4.65. The van der Waals surface area contributed by atoms with E-state index in [0.29, 0.717) is 0 Å². The number of nitrogens with zero attached hydrogens (tertiary/aromatic N) is 5. The molecule has 1 saturated heterocycles. The molecule has 0 amide bonds. The number of fused-ring (bicyclic) bond motifs is 2. The van der Waals surface area contributed by atoms with E-state index < -0.39 is 0 Å². The zero-order valence-electron chi connectivity index (χ0n) is 14.8. The van der Waals surface area contributed by atoms with Gasteiger partial charge in [-0.05, 0) is 24.3 Å². The Bertz CT molecular complexity index is 1030. The molecule has 4 aromatic rings. The van der Waals surface area contributed by atoms with E-state index in [1.54, 1.807) is 11.3 Å². The maximum Gasteiger partial charge on any atom is 0.186 e. The molecule has 0 N–H and O–H groups in total. The molecule has 0 bridgehead atoms. The molecule has 0 atom stereocenters. The van der Waals surface area contributed by atoms with Crippen LogP contribution in [0.3, 0.4) is 0 Å². The Hall–Kier alpha value is -2.44. The molecule has 5 rings (SSSR count). The largest absolute Gasteiger partial charge is 0.345 e. The van der Waals surface area contributed by atoms with Crippen molar-refractivity contribution in [2.45, 2.75) is 6.54 Å². The van der Waals surface area contributed by atoms with Gasteiger partial charge in [0.2, 0.25) is 0 Å². The Morgan fingerprint density at radius 2 is 1.62 bits per heavy atom. The van der Waals surface area contributed by atoms with Crippen molar-refractivity contribution in [2.75, 3.05) is 31.1 Å². The number of piperazine rings is 1. The van der Waals surface area contributed by atoms with Crippen LogP contribution in [0.4, 0.5) is 5.13 Å². The molecule has 26 heavy (non-hydrogen) atoms. The molecule has 132 valence electrons. The zero-order valence-corrected chi connectivity index (χ0v) is 15.6. The fraction of sp³-hybridized carbons (Fsp3) is 0.300. The number of benzene rings is 2. The summed E-state index contributed by atoms with van der Waals surface area (Å²) < 4.78 is 3.49. The van der Waals surface area contributed by atoms with Crippen LogP contribution in [0.25, 0.3) is 21.3 Å². The van der Waals surface area contributed by atoms with Gasteiger partial charge in [-0.2, -0.15) is 0 Å². The van der Waals surface area contributed by atoms with E-state index in [9.17, 15) is 0 Å². The van der Waals surface area contributed by atoms with Gasteiger partial charge < -0.3 is 9.47 Å². The van der Waals surface area contributed by atoms with Gasteiger partial charge in [-0.1, -0.05) is 35.6 Å². The lowest BCUT2D eigenvalue weighted by atomic mass is 10.3. The third kappa shape index (κ3) is 2.75. The first kappa shape index (κ1) is 15.8. The Labute approximate surface area is 156 Å². The molecule has 2 aromatic carbocycles. The summed E-state index contributed by atoms with van der Waals surface area (Å²) in [6.07, 6.45) is 0. The van der Waals surface area contributed by atoms with Crippen LogP contribution in [0.5, 0.6) is 0 Å². The Morgan fingerprint density at radius 3 is 2.38 bits per heavy atom. The SMILES string of the molecule is Cn1c(CN2CCN(c3nc4ccccc4s3)CC2)nc2ccccc21. The van der Waals surface area contributed by atoms with E-state index in [2.05, 4.69) is 69.9 Å². The number of hydrogen-bond donors (Lipinski definition) is 0. The van der Waals surface area contributed by atoms with E-state index in [1.165, 1.54) is 10.2 Å². The lowest BCUT2D eigenvalue weighted by Gasteiger charge is -2.34. The highest BCUT2D eigenvalue weighted by molar-refractivity contribution is 7.22. The maximum absolute atomic E-state index is 4.81. The number of hydrogen-bond acceptors (Lipinski definition) is 5. The quantitative estimate of drug-likeness (QED) is 0.558. The van der Waals surface area contributed by atoms with Crippen molar-refractivity contribution in [3.63, 3.8) is 0 Å². The molecule has 2 aromatic heterocycles. The smallest absolute Gasteiger partial charge is 0.186 e. The van der Waals surface area contributed by atoms with Gasteiger partial charge in [0.1, 0.15) is 5.82 Å². The minimum absolute atomic E-state index is 0.902. The third-order valence-corrected chi connectivity index (χ3v) is 6.27. The number of thiazole rings is 1. The lowest BCUT2D eigenvalue weighted by molar-refractivity contribution is 0.242. The summed E-state index contributed by atoms with van der Waals surface area (Å²) in [5.41, 5.74) is 3.39. The topological polar surface area (TPSA) is 37.2 Å². The summed E-state index contributed by atoms with van der Waals surface area (Å²) in [5, 5.41) is 1.15. The number of imidazole rings is 1. The molecule has 1 fully saturated rings. The molecule has 0 radical (unpaired) electrons. The minimum atomic E-state index is 0.902. The van der Waals surface area contributed by atoms with Gasteiger partial charge in [0.25, 0.3) is 0 Å². The molecule has 0 aliphatic carbocycles. The van der Waals surface area contributed by atoms with Crippen LogP contribution in [0, 0.1) is 0 Å². The van der Waals surface area contributed by atoms with Gasteiger partial charge in [0, 0.05) is 33.2 Å². The van der Waals surface area contributed by atoms with Crippen LogP contribution in [-0.2, 0) is 13.6 Å². The lowest BCUT2D eigenvalue weighted by Crippen LogP contribution is -2.46. The van der Waals surface area contributed by atoms with Crippen LogP contribution in [0.15, 0.2) is 48.5 Å². The van der Waals surface area contributed by atoms with Crippen molar-refractivity contribution in [2.24, 2.45) is 7.05 Å². The van der Waals surface area contributed by atoms with Crippen LogP contribution < -0.4 is 4.90 Å². The average molecular weight is 363 g/mol. The van der Waals surface area contributed by atoms with Gasteiger partial charge in [0.15, 0.2) is 5.13 Å². The second-order valence-electron chi connectivity index (χ2n) is 6.80. The summed E-state index contributed by atoms with van der Waals surface area (Å²) >= 11 is 1.79. The van der Waals surface area contributed by atoms with Crippen molar-refractivity contribution >= 4 is 37.7 Å². The van der Waals surface area contributed by atoms with Crippen molar-refractivity contribution in [1.29, 1.82) is 0 Å². The Kier molecular flexibility index (Phi) is 3.87. The van der Waals surface area contributed by atoms with Gasteiger partial charge in [-0.3, -0.25) is 4.90 Å². The molecule has 1 aliphatic rings. The number of rotatable bonds is 3. The Morgan fingerprint density at radius 1 is 0.885 bits per heavy atom. The van der Waals surface area contributed by atoms with Crippen molar-refractivity contribution in [3.05, 3.63) is 54.4 Å². The van der Waals surface area contributed by atoms with Crippen molar-refractivity contribution in [1.82, 2.24) is 19.4 Å². The molecule has 0 unspecified atom stereocenters. The molecule has 6 heteroatoms. The highest BCUT2D eigenvalue weighted by atomic mass is 32.1. The van der Waals surface area contributed by atoms with E-state index in [-0.39, 0.29) is 0 Å². The summed E-state index contributed by atoms with van der Waals surface area (Å²) in [5.74, 6) is 1.14. The number of aryl methyl sites for hydroxylation is 1. The first-order valence-electron chi connectivity index (χ1n) is 9.01. The maximum atomic E-state index is 4.81. The molecule has 3 heterocycles. The fourth-order valence-electron chi connectivity index (χ4n) is 3.63. The molecule has 0 spiro atoms. The first-order valence-corrected chi connectivity index (χ1v) is 9.83. The normalized spacial score (nSPS) is 16.0. The second-order valence-corrected chi connectivity index (χ2v) is 7.81. The molecular formula is C20H21N5S. The van der Waals surface area contributed by atoms with Crippen molar-refractivity contribution in [3.8, 4) is 0 Å². The number of anilines is 1. The highest BCUT2D eigenvalue weighted by Gasteiger charge is 2.21. The Balaban J connectivity index is 1.28. The first-order chi connectivity index (χ1) is 12.8. The molecule has 0 saturated carbocycles. The zero-order chi connectivity index (χ0) is 17.5. The van der Waals surface area contributed by atoms with E-state index in [1.807, 2.05) is 0 Å². The second kappa shape index (κ2) is 6.37. The summed E-state index contributed by atoms with van der Waals surface area (Å²) in [6.45, 7) is 5.02. The molecular weight excluding hydrogens is 342 g/mol. The molecule has 5 nitrogen and oxygen atoms in total. The monoisotopic (exact) mass is 363 g/mol. The summed E-state index contributed by atoms with van der Waals surface area (Å²) in [7, 11) is 2.11. The van der Waals surface area contributed by atoms with Crippen molar-refractivity contribution < 1.29 is 0 Å².